The second-order valence-electron chi connectivity index (χ2n) is 4.89. The Morgan fingerprint density at radius 2 is 2.19 bits per heavy atom. The molecular formula is C14H20N4O2S. The van der Waals surface area contributed by atoms with E-state index in [2.05, 4.69) is 22.1 Å². The fourth-order valence-electron chi connectivity index (χ4n) is 2.15. The van der Waals surface area contributed by atoms with E-state index in [1.54, 1.807) is 0 Å². The third kappa shape index (κ3) is 3.53. The Hall–Kier alpha value is -1.63. The predicted octanol–water partition coefficient (Wildman–Crippen LogP) is 2.57. The number of ether oxygens (including phenoxy) is 1. The third-order valence-electron chi connectivity index (χ3n) is 3.19. The van der Waals surface area contributed by atoms with Gasteiger partial charge in [0, 0.05) is 11.8 Å². The van der Waals surface area contributed by atoms with Gasteiger partial charge in [0.2, 0.25) is 0 Å². The average Bonchev–Trinajstić information content (AvgIpc) is 2.85. The Morgan fingerprint density at radius 1 is 1.43 bits per heavy atom. The minimum Gasteiger partial charge on any atom is -0.468 e. The summed E-state index contributed by atoms with van der Waals surface area (Å²) >= 11 is 1.39. The fourth-order valence-corrected chi connectivity index (χ4v) is 3.30. The van der Waals surface area contributed by atoms with Gasteiger partial charge in [0.15, 0.2) is 10.8 Å². The summed E-state index contributed by atoms with van der Waals surface area (Å²) in [5.41, 5.74) is 1.65. The molecule has 0 unspecified atom stereocenters. The summed E-state index contributed by atoms with van der Waals surface area (Å²) < 4.78 is 6.76. The quantitative estimate of drug-likeness (QED) is 0.603. The molecule has 114 valence electrons. The number of rotatable bonds is 6. The zero-order valence-corrected chi connectivity index (χ0v) is 13.6. The Balaban J connectivity index is 2.30. The Labute approximate surface area is 128 Å². The largest absolute Gasteiger partial charge is 0.468 e. The van der Waals surface area contributed by atoms with Gasteiger partial charge in [-0.3, -0.25) is 9.20 Å². The van der Waals surface area contributed by atoms with Crippen LogP contribution in [0.15, 0.2) is 11.2 Å². The second-order valence-corrected chi connectivity index (χ2v) is 6.06. The number of methoxy groups -OCH3 is 1. The maximum Gasteiger partial charge on any atom is 0.319 e. The van der Waals surface area contributed by atoms with E-state index in [1.807, 2.05) is 24.3 Å². The number of aryl methyl sites for hydroxylation is 2. The van der Waals surface area contributed by atoms with Crippen molar-refractivity contribution < 1.29 is 9.53 Å². The molecule has 2 aromatic heterocycles. The van der Waals surface area contributed by atoms with Gasteiger partial charge in [-0.15, -0.1) is 10.2 Å². The van der Waals surface area contributed by atoms with Gasteiger partial charge in [-0.1, -0.05) is 31.5 Å². The molecule has 0 amide bonds. The van der Waals surface area contributed by atoms with Crippen molar-refractivity contribution in [2.45, 2.75) is 50.4 Å². The number of aromatic nitrogens is 4. The molecule has 0 aliphatic heterocycles. The lowest BCUT2D eigenvalue weighted by atomic mass is 10.2. The molecule has 2 heterocycles. The van der Waals surface area contributed by atoms with E-state index < -0.39 is 0 Å². The minimum absolute atomic E-state index is 0.220. The van der Waals surface area contributed by atoms with Crippen molar-refractivity contribution in [3.05, 3.63) is 17.6 Å². The fraction of sp³-hybridized carbons (Fsp3) is 0.571. The lowest BCUT2D eigenvalue weighted by Gasteiger charge is -2.13. The molecule has 0 N–H and O–H groups in total. The van der Waals surface area contributed by atoms with Crippen LogP contribution in [0, 0.1) is 13.8 Å². The number of nitrogens with zero attached hydrogens (tertiary/aromatic N) is 4. The van der Waals surface area contributed by atoms with Gasteiger partial charge in [-0.2, -0.15) is 0 Å². The van der Waals surface area contributed by atoms with Crippen LogP contribution < -0.4 is 0 Å². The average molecular weight is 308 g/mol. The molecule has 0 bridgehead atoms. The van der Waals surface area contributed by atoms with E-state index in [0.717, 1.165) is 36.4 Å². The Kier molecular flexibility index (Phi) is 5.17. The number of thioether (sulfide) groups is 1. The zero-order chi connectivity index (χ0) is 15.4. The molecule has 7 heteroatoms. The molecule has 0 saturated carbocycles. The molecule has 6 nitrogen and oxygen atoms in total. The maximum absolute atomic E-state index is 11.9. The van der Waals surface area contributed by atoms with Crippen molar-refractivity contribution in [3.63, 3.8) is 0 Å². The first kappa shape index (κ1) is 15.8. The van der Waals surface area contributed by atoms with Crippen molar-refractivity contribution >= 4 is 23.4 Å². The van der Waals surface area contributed by atoms with Crippen LogP contribution in [0.5, 0.6) is 0 Å². The topological polar surface area (TPSA) is 69.4 Å². The molecule has 2 rings (SSSR count). The molecular weight excluding hydrogens is 288 g/mol. The Morgan fingerprint density at radius 3 is 2.86 bits per heavy atom. The monoisotopic (exact) mass is 308 g/mol. The van der Waals surface area contributed by atoms with Crippen molar-refractivity contribution in [1.82, 2.24) is 19.6 Å². The van der Waals surface area contributed by atoms with Gasteiger partial charge in [-0.05, 0) is 20.3 Å². The minimum atomic E-state index is -0.261. The first-order valence-electron chi connectivity index (χ1n) is 7.00. The molecule has 0 aliphatic rings. The summed E-state index contributed by atoms with van der Waals surface area (Å²) in [6.45, 7) is 5.93. The van der Waals surface area contributed by atoms with Crippen molar-refractivity contribution in [2.75, 3.05) is 7.11 Å². The molecule has 0 radical (unpaired) electrons. The summed E-state index contributed by atoms with van der Waals surface area (Å²) in [4.78, 5) is 16.3. The molecule has 0 spiro atoms. The van der Waals surface area contributed by atoms with Crippen molar-refractivity contribution in [2.24, 2.45) is 0 Å². The van der Waals surface area contributed by atoms with E-state index in [-0.39, 0.29) is 11.2 Å². The van der Waals surface area contributed by atoms with Gasteiger partial charge in [0.25, 0.3) is 0 Å². The normalized spacial score (nSPS) is 12.6. The number of fused-ring (bicyclic) bond motifs is 1. The number of carbonyl (C=O) groups is 1. The first-order valence-corrected chi connectivity index (χ1v) is 7.88. The number of hydrogen-bond donors (Lipinski definition) is 0. The maximum atomic E-state index is 11.9. The number of carbonyl (C=O) groups excluding carboxylic acids is 1. The molecule has 0 aliphatic carbocycles. The summed E-state index contributed by atoms with van der Waals surface area (Å²) in [7, 11) is 1.42. The van der Waals surface area contributed by atoms with Crippen LogP contribution in [0.25, 0.3) is 5.65 Å². The predicted molar refractivity (Wildman–Crippen MR) is 81.4 cm³/mol. The van der Waals surface area contributed by atoms with Gasteiger partial charge in [0.05, 0.1) is 7.11 Å². The van der Waals surface area contributed by atoms with Gasteiger partial charge < -0.3 is 4.74 Å². The number of hydrogen-bond acceptors (Lipinski definition) is 6. The van der Waals surface area contributed by atoms with Crippen LogP contribution in [-0.4, -0.2) is 37.9 Å². The van der Waals surface area contributed by atoms with Crippen LogP contribution in [0.2, 0.25) is 0 Å². The molecule has 2 aromatic rings. The Bertz CT molecular complexity index is 641. The standard InChI is InChI=1S/C14H20N4O2S/c1-5-6-7-11(13(19)20-4)21-14-17-16-12-8-9(2)15-10(3)18(12)14/h8,11H,5-7H2,1-4H3/t11-/m0/s1. The molecule has 1 atom stereocenters. The molecule has 0 fully saturated rings. The third-order valence-corrected chi connectivity index (χ3v) is 4.38. The SMILES string of the molecule is CCCC[C@H](Sc1nnc2cc(C)nc(C)n12)C(=O)OC. The second kappa shape index (κ2) is 6.89. The highest BCUT2D eigenvalue weighted by Crippen LogP contribution is 2.27. The summed E-state index contributed by atoms with van der Waals surface area (Å²) in [6.07, 6.45) is 2.77. The molecule has 21 heavy (non-hydrogen) atoms. The smallest absolute Gasteiger partial charge is 0.319 e. The summed E-state index contributed by atoms with van der Waals surface area (Å²) in [6, 6.07) is 1.88. The lowest BCUT2D eigenvalue weighted by Crippen LogP contribution is -2.19. The van der Waals surface area contributed by atoms with Crippen LogP contribution in [0.4, 0.5) is 0 Å². The number of esters is 1. The highest BCUT2D eigenvalue weighted by Gasteiger charge is 2.23. The lowest BCUT2D eigenvalue weighted by molar-refractivity contribution is -0.140. The molecule has 0 aromatic carbocycles. The van der Waals surface area contributed by atoms with E-state index in [4.69, 9.17) is 4.74 Å². The van der Waals surface area contributed by atoms with Crippen LogP contribution in [0.1, 0.15) is 37.7 Å². The summed E-state index contributed by atoms with van der Waals surface area (Å²) in [5, 5.41) is 8.77. The van der Waals surface area contributed by atoms with E-state index >= 15 is 0 Å². The number of unbranched alkanes of at least 4 members (excludes halogenated alkanes) is 1. The van der Waals surface area contributed by atoms with Crippen LogP contribution in [0.3, 0.4) is 0 Å². The highest BCUT2D eigenvalue weighted by atomic mass is 32.2. The zero-order valence-electron chi connectivity index (χ0n) is 12.8. The van der Waals surface area contributed by atoms with Crippen molar-refractivity contribution in [3.8, 4) is 0 Å². The van der Waals surface area contributed by atoms with E-state index in [1.165, 1.54) is 18.9 Å². The first-order chi connectivity index (χ1) is 10.1. The van der Waals surface area contributed by atoms with E-state index in [0.29, 0.717) is 5.16 Å². The van der Waals surface area contributed by atoms with E-state index in [9.17, 15) is 4.79 Å². The van der Waals surface area contributed by atoms with Gasteiger partial charge in [-0.25, -0.2) is 4.98 Å². The van der Waals surface area contributed by atoms with Crippen molar-refractivity contribution in [1.29, 1.82) is 0 Å². The molecule has 0 saturated heterocycles. The highest BCUT2D eigenvalue weighted by molar-refractivity contribution is 8.00. The van der Waals surface area contributed by atoms with Crippen LogP contribution >= 0.6 is 11.8 Å². The van der Waals surface area contributed by atoms with Gasteiger partial charge in [0.1, 0.15) is 11.1 Å². The van der Waals surface area contributed by atoms with Gasteiger partial charge >= 0.3 is 5.97 Å². The van der Waals surface area contributed by atoms with Crippen LogP contribution in [-0.2, 0) is 9.53 Å². The summed E-state index contributed by atoms with van der Waals surface area (Å²) in [5.74, 6) is 0.597.